The number of rotatable bonds is 8. The summed E-state index contributed by atoms with van der Waals surface area (Å²) in [5.74, 6) is -1.15. The third-order valence-corrected chi connectivity index (χ3v) is 5.67. The van der Waals surface area contributed by atoms with Crippen LogP contribution in [0.15, 0.2) is 103 Å². The molecule has 1 aromatic heterocycles. The Morgan fingerprint density at radius 3 is 2.08 bits per heavy atom. The Kier molecular flexibility index (Phi) is 6.80. The van der Waals surface area contributed by atoms with Gasteiger partial charge in [-0.1, -0.05) is 47.7 Å². The molecule has 0 spiro atoms. The Morgan fingerprint density at radius 2 is 1.32 bits per heavy atom. The van der Waals surface area contributed by atoms with Gasteiger partial charge in [0.1, 0.15) is 11.3 Å². The molecular weight excluding hydrogens is 470 g/mol. The number of nitrogens with zero attached hydrogens (tertiary/aromatic N) is 3. The lowest BCUT2D eigenvalue weighted by atomic mass is 10.1. The lowest BCUT2D eigenvalue weighted by Gasteiger charge is -2.07. The van der Waals surface area contributed by atoms with Gasteiger partial charge in [-0.05, 0) is 66.2 Å². The number of esters is 2. The van der Waals surface area contributed by atoms with Crippen LogP contribution in [0.5, 0.6) is 5.75 Å². The molecule has 8 heteroatoms. The van der Waals surface area contributed by atoms with E-state index in [1.54, 1.807) is 47.1 Å². The van der Waals surface area contributed by atoms with Crippen molar-refractivity contribution in [3.05, 3.63) is 125 Å². The Labute approximate surface area is 212 Å². The summed E-state index contributed by atoms with van der Waals surface area (Å²) >= 11 is 0. The van der Waals surface area contributed by atoms with Gasteiger partial charge in [0.05, 0.1) is 23.2 Å². The maximum atomic E-state index is 12.5. The maximum absolute atomic E-state index is 12.5. The van der Waals surface area contributed by atoms with Gasteiger partial charge in [0.25, 0.3) is 0 Å². The van der Waals surface area contributed by atoms with Gasteiger partial charge in [0.15, 0.2) is 12.4 Å². The van der Waals surface area contributed by atoms with Crippen molar-refractivity contribution < 1.29 is 23.9 Å². The quantitative estimate of drug-likeness (QED) is 0.176. The highest BCUT2D eigenvalue weighted by Gasteiger charge is 2.14. The number of hydrogen-bond acceptors (Lipinski definition) is 7. The average molecular weight is 492 g/mol. The number of benzene rings is 4. The molecule has 0 radical (unpaired) electrons. The highest BCUT2D eigenvalue weighted by atomic mass is 16.5. The molecule has 0 bridgehead atoms. The molecule has 0 N–H and O–H groups in total. The molecule has 0 saturated heterocycles. The van der Waals surface area contributed by atoms with Crippen molar-refractivity contribution in [3.63, 3.8) is 0 Å². The molecule has 0 amide bonds. The number of fused-ring (bicyclic) bond motifs is 1. The van der Waals surface area contributed by atoms with Crippen molar-refractivity contribution in [3.8, 4) is 5.75 Å². The molecule has 0 aliphatic rings. The first-order valence-corrected chi connectivity index (χ1v) is 11.5. The van der Waals surface area contributed by atoms with Crippen LogP contribution in [-0.4, -0.2) is 39.3 Å². The van der Waals surface area contributed by atoms with Crippen molar-refractivity contribution >= 4 is 28.8 Å². The third-order valence-electron chi connectivity index (χ3n) is 5.67. The van der Waals surface area contributed by atoms with Gasteiger partial charge in [0, 0.05) is 5.56 Å². The Bertz CT molecular complexity index is 1560. The molecule has 5 aromatic rings. The molecule has 0 atom stereocenters. The Hall–Kier alpha value is -5.11. The average Bonchev–Trinajstić information content (AvgIpc) is 3.35. The van der Waals surface area contributed by atoms with Crippen molar-refractivity contribution in [1.82, 2.24) is 15.0 Å². The zero-order chi connectivity index (χ0) is 25.6. The fourth-order valence-electron chi connectivity index (χ4n) is 3.70. The van der Waals surface area contributed by atoms with E-state index in [1.807, 2.05) is 36.4 Å². The van der Waals surface area contributed by atoms with Gasteiger partial charge in [-0.3, -0.25) is 4.79 Å². The summed E-state index contributed by atoms with van der Waals surface area (Å²) in [5, 5.41) is 8.31. The first-order valence-electron chi connectivity index (χ1n) is 11.5. The second kappa shape index (κ2) is 10.7. The fourth-order valence-corrected chi connectivity index (χ4v) is 3.70. The van der Waals surface area contributed by atoms with E-state index in [2.05, 4.69) is 10.3 Å². The molecule has 4 aromatic carbocycles. The predicted molar refractivity (Wildman–Crippen MR) is 136 cm³/mol. The number of carbonyl (C=O) groups is 3. The van der Waals surface area contributed by atoms with Crippen molar-refractivity contribution in [2.45, 2.75) is 6.54 Å². The van der Waals surface area contributed by atoms with E-state index in [0.717, 1.165) is 16.6 Å². The first-order chi connectivity index (χ1) is 18.1. The van der Waals surface area contributed by atoms with Gasteiger partial charge in [-0.15, -0.1) is 5.10 Å². The number of Topliss-reactive ketones (excluding diaryl/α,β-unsaturated/α-hetero) is 1. The summed E-state index contributed by atoms with van der Waals surface area (Å²) in [6, 6.07) is 29.3. The van der Waals surface area contributed by atoms with Crippen LogP contribution in [-0.2, 0) is 11.3 Å². The second-order valence-corrected chi connectivity index (χ2v) is 8.21. The fraction of sp³-hybridized carbons (Fsp3) is 0.0690. The molecule has 37 heavy (non-hydrogen) atoms. The third kappa shape index (κ3) is 5.59. The highest BCUT2D eigenvalue weighted by Crippen LogP contribution is 2.16. The standard InChI is InChI=1S/C29H21N3O5/c33-27(21-14-16-24(17-15-21)37-29(35)22-6-2-1-3-7-22)19-36-28(34)23-12-10-20(11-13-23)18-32-26-9-5-4-8-25(26)30-31-32/h1-17H,18-19H2. The molecule has 0 aliphatic heterocycles. The van der Waals surface area contributed by atoms with Crippen LogP contribution >= 0.6 is 0 Å². The van der Waals surface area contributed by atoms with Crippen LogP contribution in [0.4, 0.5) is 0 Å². The molecule has 8 nitrogen and oxygen atoms in total. The van der Waals surface area contributed by atoms with Gasteiger partial charge in [0.2, 0.25) is 0 Å². The largest absolute Gasteiger partial charge is 0.454 e. The van der Waals surface area contributed by atoms with Gasteiger partial charge >= 0.3 is 11.9 Å². The second-order valence-electron chi connectivity index (χ2n) is 8.21. The van der Waals surface area contributed by atoms with E-state index in [4.69, 9.17) is 9.47 Å². The lowest BCUT2D eigenvalue weighted by Crippen LogP contribution is -2.14. The zero-order valence-corrected chi connectivity index (χ0v) is 19.6. The summed E-state index contributed by atoms with van der Waals surface area (Å²) in [7, 11) is 0. The van der Waals surface area contributed by atoms with Crippen LogP contribution in [0.3, 0.4) is 0 Å². The van der Waals surface area contributed by atoms with Crippen molar-refractivity contribution in [2.24, 2.45) is 0 Å². The van der Waals surface area contributed by atoms with Crippen LogP contribution in [0.2, 0.25) is 0 Å². The van der Waals surface area contributed by atoms with E-state index < -0.39 is 18.5 Å². The minimum atomic E-state index is -0.598. The SMILES string of the molecule is O=C(COC(=O)c1ccc(Cn2nnc3ccccc32)cc1)c1ccc(OC(=O)c2ccccc2)cc1. The zero-order valence-electron chi connectivity index (χ0n) is 19.6. The molecule has 182 valence electrons. The van der Waals surface area contributed by atoms with E-state index in [-0.39, 0.29) is 5.78 Å². The van der Waals surface area contributed by atoms with E-state index in [1.165, 1.54) is 24.3 Å². The minimum absolute atomic E-state index is 0.307. The molecule has 0 fully saturated rings. The van der Waals surface area contributed by atoms with E-state index >= 15 is 0 Å². The Balaban J connectivity index is 1.14. The predicted octanol–water partition coefficient (Wildman–Crippen LogP) is 4.74. The van der Waals surface area contributed by atoms with E-state index in [0.29, 0.717) is 29.0 Å². The Morgan fingerprint density at radius 1 is 0.676 bits per heavy atom. The number of para-hydroxylation sites is 1. The lowest BCUT2D eigenvalue weighted by molar-refractivity contribution is 0.0474. The maximum Gasteiger partial charge on any atom is 0.343 e. The van der Waals surface area contributed by atoms with Crippen molar-refractivity contribution in [2.75, 3.05) is 6.61 Å². The van der Waals surface area contributed by atoms with Gasteiger partial charge < -0.3 is 9.47 Å². The summed E-state index contributed by atoms with van der Waals surface area (Å²) < 4.78 is 12.3. The van der Waals surface area contributed by atoms with Gasteiger partial charge in [-0.2, -0.15) is 0 Å². The summed E-state index contributed by atoms with van der Waals surface area (Å²) in [5.41, 5.74) is 3.78. The first kappa shape index (κ1) is 23.6. The topological polar surface area (TPSA) is 100 Å². The summed E-state index contributed by atoms with van der Waals surface area (Å²) in [6.45, 7) is 0.0969. The number of aromatic nitrogens is 3. The van der Waals surface area contributed by atoms with Crippen LogP contribution in [0, 0.1) is 0 Å². The molecule has 0 unspecified atom stereocenters. The number of ketones is 1. The summed E-state index contributed by atoms with van der Waals surface area (Å²) in [4.78, 5) is 37.1. The summed E-state index contributed by atoms with van der Waals surface area (Å²) in [6.07, 6.45) is 0. The highest BCUT2D eigenvalue weighted by molar-refractivity contribution is 5.99. The molecule has 1 heterocycles. The molecule has 0 aliphatic carbocycles. The molecule has 0 saturated carbocycles. The normalized spacial score (nSPS) is 10.7. The van der Waals surface area contributed by atoms with E-state index in [9.17, 15) is 14.4 Å². The smallest absolute Gasteiger partial charge is 0.343 e. The van der Waals surface area contributed by atoms with Gasteiger partial charge in [-0.25, -0.2) is 14.3 Å². The van der Waals surface area contributed by atoms with Crippen LogP contribution in [0.25, 0.3) is 11.0 Å². The number of carbonyl (C=O) groups excluding carboxylic acids is 3. The monoisotopic (exact) mass is 491 g/mol. The van der Waals surface area contributed by atoms with Crippen LogP contribution < -0.4 is 4.74 Å². The van der Waals surface area contributed by atoms with Crippen LogP contribution in [0.1, 0.15) is 36.6 Å². The minimum Gasteiger partial charge on any atom is -0.454 e. The number of ether oxygens (including phenoxy) is 2. The van der Waals surface area contributed by atoms with Crippen molar-refractivity contribution in [1.29, 1.82) is 0 Å². The number of hydrogen-bond donors (Lipinski definition) is 0. The molecule has 5 rings (SSSR count). The molecular formula is C29H21N3O5.